The molecule has 1 unspecified atom stereocenters. The quantitative estimate of drug-likeness (QED) is 0.575. The Morgan fingerprint density at radius 3 is 3.17 bits per heavy atom. The van der Waals surface area contributed by atoms with E-state index in [0.29, 0.717) is 18.9 Å². The van der Waals surface area contributed by atoms with Gasteiger partial charge in [0.2, 0.25) is 11.8 Å². The van der Waals surface area contributed by atoms with Crippen LogP contribution in [0.1, 0.15) is 12.7 Å². The van der Waals surface area contributed by atoms with Gasteiger partial charge in [-0.3, -0.25) is 14.9 Å². The molecule has 1 atom stereocenters. The second kappa shape index (κ2) is 5.58. The van der Waals surface area contributed by atoms with E-state index < -0.39 is 0 Å². The summed E-state index contributed by atoms with van der Waals surface area (Å²) in [5.74, 6) is 0.469. The van der Waals surface area contributed by atoms with E-state index >= 15 is 0 Å². The van der Waals surface area contributed by atoms with Gasteiger partial charge >= 0.3 is 0 Å². The van der Waals surface area contributed by atoms with Gasteiger partial charge in [0.25, 0.3) is 0 Å². The van der Waals surface area contributed by atoms with Crippen LogP contribution < -0.4 is 16.0 Å². The maximum Gasteiger partial charge on any atom is 0.239 e. The van der Waals surface area contributed by atoms with Crippen LogP contribution in [-0.2, 0) is 22.7 Å². The van der Waals surface area contributed by atoms with Crippen LogP contribution in [0.25, 0.3) is 0 Å². The SMILES string of the molecule is CCn1cnnc1CNC(=O)C1CNC(=O)CN1. The molecule has 1 saturated heterocycles. The maximum atomic E-state index is 11.8. The fourth-order valence-corrected chi connectivity index (χ4v) is 1.72. The third kappa shape index (κ3) is 2.83. The summed E-state index contributed by atoms with van der Waals surface area (Å²) in [7, 11) is 0. The molecule has 3 N–H and O–H groups in total. The third-order valence-corrected chi connectivity index (χ3v) is 2.79. The molecule has 1 aromatic heterocycles. The topological polar surface area (TPSA) is 101 Å². The van der Waals surface area contributed by atoms with Crippen LogP contribution in [0.3, 0.4) is 0 Å². The number of hydrogen-bond acceptors (Lipinski definition) is 5. The standard InChI is InChI=1S/C10H16N6O2/c1-2-16-6-14-15-8(16)4-13-10(18)7-3-12-9(17)5-11-7/h6-7,11H,2-5H2,1H3,(H,12,17)(H,13,18). The number of piperazine rings is 1. The lowest BCUT2D eigenvalue weighted by Crippen LogP contribution is -2.57. The van der Waals surface area contributed by atoms with Crippen molar-refractivity contribution in [1.29, 1.82) is 0 Å². The van der Waals surface area contributed by atoms with E-state index in [1.54, 1.807) is 6.33 Å². The Labute approximate surface area is 104 Å². The van der Waals surface area contributed by atoms with Gasteiger partial charge in [-0.25, -0.2) is 0 Å². The number of nitrogens with one attached hydrogen (secondary N) is 3. The van der Waals surface area contributed by atoms with Gasteiger partial charge in [0, 0.05) is 13.1 Å². The molecule has 0 saturated carbocycles. The smallest absolute Gasteiger partial charge is 0.239 e. The van der Waals surface area contributed by atoms with Crippen molar-refractivity contribution >= 4 is 11.8 Å². The van der Waals surface area contributed by atoms with Crippen molar-refractivity contribution in [2.24, 2.45) is 0 Å². The Morgan fingerprint density at radius 1 is 1.67 bits per heavy atom. The Morgan fingerprint density at radius 2 is 2.50 bits per heavy atom. The monoisotopic (exact) mass is 252 g/mol. The maximum absolute atomic E-state index is 11.8. The summed E-state index contributed by atoms with van der Waals surface area (Å²) in [5.41, 5.74) is 0. The number of hydrogen-bond donors (Lipinski definition) is 3. The summed E-state index contributed by atoms with van der Waals surface area (Å²) >= 11 is 0. The number of carbonyl (C=O) groups excluding carboxylic acids is 2. The Kier molecular flexibility index (Phi) is 3.88. The second-order valence-electron chi connectivity index (χ2n) is 3.99. The van der Waals surface area contributed by atoms with Gasteiger partial charge in [-0.2, -0.15) is 0 Å². The van der Waals surface area contributed by atoms with Crippen molar-refractivity contribution in [1.82, 2.24) is 30.7 Å². The van der Waals surface area contributed by atoms with Crippen molar-refractivity contribution in [2.45, 2.75) is 26.1 Å². The Balaban J connectivity index is 1.83. The van der Waals surface area contributed by atoms with Crippen molar-refractivity contribution in [3.8, 4) is 0 Å². The van der Waals surface area contributed by atoms with Crippen LogP contribution in [-0.4, -0.2) is 45.7 Å². The third-order valence-electron chi connectivity index (χ3n) is 2.79. The highest BCUT2D eigenvalue weighted by molar-refractivity contribution is 5.86. The van der Waals surface area contributed by atoms with Crippen molar-refractivity contribution < 1.29 is 9.59 Å². The zero-order valence-corrected chi connectivity index (χ0v) is 10.1. The highest BCUT2D eigenvalue weighted by Crippen LogP contribution is 1.95. The van der Waals surface area contributed by atoms with Gasteiger partial charge in [-0.05, 0) is 6.92 Å². The molecule has 2 heterocycles. The van der Waals surface area contributed by atoms with Crippen molar-refractivity contribution in [3.05, 3.63) is 12.2 Å². The van der Waals surface area contributed by atoms with E-state index in [-0.39, 0.29) is 24.4 Å². The molecule has 8 heteroatoms. The first-order chi connectivity index (χ1) is 8.70. The van der Waals surface area contributed by atoms with E-state index in [4.69, 9.17) is 0 Å². The molecule has 1 aliphatic rings. The first kappa shape index (κ1) is 12.5. The van der Waals surface area contributed by atoms with Gasteiger partial charge in [0.15, 0.2) is 5.82 Å². The summed E-state index contributed by atoms with van der Waals surface area (Å²) < 4.78 is 1.86. The van der Waals surface area contributed by atoms with E-state index in [2.05, 4.69) is 26.1 Å². The molecule has 18 heavy (non-hydrogen) atoms. The van der Waals surface area contributed by atoms with Crippen LogP contribution in [0, 0.1) is 0 Å². The molecule has 8 nitrogen and oxygen atoms in total. The fraction of sp³-hybridized carbons (Fsp3) is 0.600. The van der Waals surface area contributed by atoms with Crippen molar-refractivity contribution in [2.75, 3.05) is 13.1 Å². The lowest BCUT2D eigenvalue weighted by atomic mass is 10.2. The van der Waals surface area contributed by atoms with E-state index in [9.17, 15) is 9.59 Å². The number of nitrogens with zero attached hydrogens (tertiary/aromatic N) is 3. The molecule has 1 fully saturated rings. The normalized spacial score (nSPS) is 19.4. The summed E-state index contributed by atoms with van der Waals surface area (Å²) in [6.07, 6.45) is 1.63. The molecule has 0 aromatic carbocycles. The fourth-order valence-electron chi connectivity index (χ4n) is 1.72. The van der Waals surface area contributed by atoms with Gasteiger partial charge in [-0.15, -0.1) is 10.2 Å². The first-order valence-electron chi connectivity index (χ1n) is 5.85. The summed E-state index contributed by atoms with van der Waals surface area (Å²) in [6, 6.07) is -0.388. The van der Waals surface area contributed by atoms with Crippen LogP contribution in [0.15, 0.2) is 6.33 Å². The summed E-state index contributed by atoms with van der Waals surface area (Å²) in [4.78, 5) is 22.7. The molecule has 0 radical (unpaired) electrons. The average molecular weight is 252 g/mol. The van der Waals surface area contributed by atoms with Crippen LogP contribution >= 0.6 is 0 Å². The lowest BCUT2D eigenvalue weighted by molar-refractivity contribution is -0.126. The molecular weight excluding hydrogens is 236 g/mol. The molecule has 2 amide bonds. The first-order valence-corrected chi connectivity index (χ1v) is 5.85. The van der Waals surface area contributed by atoms with Gasteiger partial charge in [0.05, 0.1) is 13.1 Å². The zero-order chi connectivity index (χ0) is 13.0. The molecule has 0 spiro atoms. The minimum absolute atomic E-state index is 0.0928. The largest absolute Gasteiger partial charge is 0.353 e. The van der Waals surface area contributed by atoms with Crippen LogP contribution in [0.4, 0.5) is 0 Å². The Hall–Kier alpha value is -1.96. The molecule has 1 aromatic rings. The zero-order valence-electron chi connectivity index (χ0n) is 10.1. The molecule has 0 bridgehead atoms. The predicted molar refractivity (Wildman–Crippen MR) is 62.3 cm³/mol. The number of carbonyl (C=O) groups is 2. The van der Waals surface area contributed by atoms with Gasteiger partial charge in [0.1, 0.15) is 12.4 Å². The van der Waals surface area contributed by atoms with Crippen LogP contribution in [0.2, 0.25) is 0 Å². The minimum Gasteiger partial charge on any atom is -0.353 e. The molecule has 0 aliphatic carbocycles. The Bertz CT molecular complexity index is 433. The van der Waals surface area contributed by atoms with Crippen molar-refractivity contribution in [3.63, 3.8) is 0 Å². The number of aryl methyl sites for hydroxylation is 1. The minimum atomic E-state index is -0.388. The highest BCUT2D eigenvalue weighted by Gasteiger charge is 2.23. The van der Waals surface area contributed by atoms with Gasteiger partial charge < -0.3 is 15.2 Å². The average Bonchev–Trinajstić information content (AvgIpc) is 2.84. The van der Waals surface area contributed by atoms with Crippen LogP contribution in [0.5, 0.6) is 0 Å². The summed E-state index contributed by atoms with van der Waals surface area (Å²) in [6.45, 7) is 3.55. The highest BCUT2D eigenvalue weighted by atomic mass is 16.2. The number of amides is 2. The molecule has 2 rings (SSSR count). The molecule has 1 aliphatic heterocycles. The second-order valence-corrected chi connectivity index (χ2v) is 3.99. The van der Waals surface area contributed by atoms with Gasteiger partial charge in [-0.1, -0.05) is 0 Å². The van der Waals surface area contributed by atoms with E-state index in [0.717, 1.165) is 6.54 Å². The predicted octanol–water partition coefficient (Wildman–Crippen LogP) is -2.00. The molecule has 98 valence electrons. The van der Waals surface area contributed by atoms with E-state index in [1.807, 2.05) is 11.5 Å². The number of aromatic nitrogens is 3. The number of rotatable bonds is 4. The van der Waals surface area contributed by atoms with E-state index in [1.165, 1.54) is 0 Å². The lowest BCUT2D eigenvalue weighted by Gasteiger charge is -2.23. The molecular formula is C10H16N6O2. The summed E-state index contributed by atoms with van der Waals surface area (Å²) in [5, 5.41) is 16.0.